The Morgan fingerprint density at radius 3 is 2.82 bits per heavy atom. The fraction of sp³-hybridized carbons (Fsp3) is 0.286. The maximum Gasteiger partial charge on any atom is 0.191 e. The van der Waals surface area contributed by atoms with Crippen LogP contribution in [0.15, 0.2) is 60.0 Å². The van der Waals surface area contributed by atoms with Gasteiger partial charge in [0.1, 0.15) is 23.5 Å². The molecule has 4 rings (SSSR count). The third-order valence-electron chi connectivity index (χ3n) is 4.78. The molecule has 1 unspecified atom stereocenters. The SMILES string of the molecule is CN=C(NCc1ccc(-n2ccnc2C)nc1)NCC1Cc2ccccc2O1. The van der Waals surface area contributed by atoms with Crippen molar-refractivity contribution >= 4 is 5.96 Å². The summed E-state index contributed by atoms with van der Waals surface area (Å²) in [7, 11) is 1.77. The Morgan fingerprint density at radius 2 is 2.11 bits per heavy atom. The molecule has 144 valence electrons. The molecule has 1 aliphatic heterocycles. The zero-order valence-corrected chi connectivity index (χ0v) is 16.1. The molecule has 0 aliphatic carbocycles. The third-order valence-corrected chi connectivity index (χ3v) is 4.78. The van der Waals surface area contributed by atoms with Crippen LogP contribution < -0.4 is 15.4 Å². The quantitative estimate of drug-likeness (QED) is 0.528. The van der Waals surface area contributed by atoms with Crippen molar-refractivity contribution in [2.24, 2.45) is 4.99 Å². The van der Waals surface area contributed by atoms with Crippen LogP contribution in [0.3, 0.4) is 0 Å². The number of ether oxygens (including phenoxy) is 1. The summed E-state index contributed by atoms with van der Waals surface area (Å²) < 4.78 is 7.92. The molecule has 2 aromatic heterocycles. The zero-order chi connectivity index (χ0) is 19.3. The number of hydrogen-bond acceptors (Lipinski definition) is 4. The summed E-state index contributed by atoms with van der Waals surface area (Å²) in [6.45, 7) is 3.30. The molecule has 0 spiro atoms. The molecular formula is C21H24N6O. The number of nitrogens with zero attached hydrogens (tertiary/aromatic N) is 4. The lowest BCUT2D eigenvalue weighted by atomic mass is 10.1. The second kappa shape index (κ2) is 8.12. The lowest BCUT2D eigenvalue weighted by Gasteiger charge is -2.15. The normalized spacial score (nSPS) is 15.8. The van der Waals surface area contributed by atoms with Crippen molar-refractivity contribution in [3.05, 3.63) is 71.9 Å². The van der Waals surface area contributed by atoms with Gasteiger partial charge in [0.2, 0.25) is 0 Å². The third kappa shape index (κ3) is 3.98. The first-order valence-corrected chi connectivity index (χ1v) is 9.37. The number of aryl methyl sites for hydroxylation is 1. The smallest absolute Gasteiger partial charge is 0.191 e. The van der Waals surface area contributed by atoms with Crippen LogP contribution in [0, 0.1) is 6.92 Å². The largest absolute Gasteiger partial charge is 0.488 e. The average molecular weight is 376 g/mol. The molecule has 7 nitrogen and oxygen atoms in total. The molecule has 0 fully saturated rings. The van der Waals surface area contributed by atoms with Gasteiger partial charge in [-0.2, -0.15) is 0 Å². The summed E-state index contributed by atoms with van der Waals surface area (Å²) in [6.07, 6.45) is 6.58. The van der Waals surface area contributed by atoms with E-state index in [0.717, 1.165) is 35.3 Å². The van der Waals surface area contributed by atoms with Gasteiger partial charge in [-0.3, -0.25) is 9.56 Å². The van der Waals surface area contributed by atoms with E-state index in [4.69, 9.17) is 4.74 Å². The predicted octanol–water partition coefficient (Wildman–Crippen LogP) is 2.24. The van der Waals surface area contributed by atoms with Gasteiger partial charge in [-0.1, -0.05) is 24.3 Å². The van der Waals surface area contributed by atoms with Crippen LogP contribution in [0.25, 0.3) is 5.82 Å². The van der Waals surface area contributed by atoms with Crippen molar-refractivity contribution in [3.8, 4) is 11.6 Å². The van der Waals surface area contributed by atoms with Gasteiger partial charge in [0.05, 0.1) is 6.54 Å². The number of hydrogen-bond donors (Lipinski definition) is 2. The number of para-hydroxylation sites is 1. The molecule has 0 bridgehead atoms. The first-order chi connectivity index (χ1) is 13.7. The second-order valence-corrected chi connectivity index (χ2v) is 6.73. The maximum atomic E-state index is 5.96. The van der Waals surface area contributed by atoms with Crippen LogP contribution in [0.4, 0.5) is 0 Å². The Bertz CT molecular complexity index is 938. The standard InChI is InChI=1S/C21H24N6O/c1-15-23-9-10-27(15)20-8-7-16(12-24-20)13-25-21(22-2)26-14-18-11-17-5-3-4-6-19(17)28-18/h3-10,12,18H,11,13-14H2,1-2H3,(H2,22,25,26). The molecule has 0 saturated heterocycles. The second-order valence-electron chi connectivity index (χ2n) is 6.73. The fourth-order valence-corrected chi connectivity index (χ4v) is 3.27. The highest BCUT2D eigenvalue weighted by molar-refractivity contribution is 5.79. The van der Waals surface area contributed by atoms with Crippen LogP contribution in [-0.4, -0.2) is 40.2 Å². The van der Waals surface area contributed by atoms with Crippen molar-refractivity contribution in [2.45, 2.75) is 26.0 Å². The van der Waals surface area contributed by atoms with E-state index < -0.39 is 0 Å². The Labute approximate surface area is 164 Å². The monoisotopic (exact) mass is 376 g/mol. The lowest BCUT2D eigenvalue weighted by molar-refractivity contribution is 0.235. The topological polar surface area (TPSA) is 76.4 Å². The molecule has 2 N–H and O–H groups in total. The molecule has 0 saturated carbocycles. The van der Waals surface area contributed by atoms with Gasteiger partial charge in [-0.05, 0) is 30.2 Å². The summed E-state index contributed by atoms with van der Waals surface area (Å²) >= 11 is 0. The van der Waals surface area contributed by atoms with E-state index in [2.05, 4.69) is 37.7 Å². The number of imidazole rings is 1. The highest BCUT2D eigenvalue weighted by Gasteiger charge is 2.22. The molecule has 3 aromatic rings. The molecule has 1 aliphatic rings. The molecular weight excluding hydrogens is 352 g/mol. The van der Waals surface area contributed by atoms with Gasteiger partial charge in [-0.15, -0.1) is 0 Å². The van der Waals surface area contributed by atoms with Crippen LogP contribution >= 0.6 is 0 Å². The molecule has 1 aromatic carbocycles. The van der Waals surface area contributed by atoms with Crippen molar-refractivity contribution in [1.29, 1.82) is 0 Å². The van der Waals surface area contributed by atoms with Crippen molar-refractivity contribution in [3.63, 3.8) is 0 Å². The van der Waals surface area contributed by atoms with Gasteiger partial charge in [0, 0.05) is 38.6 Å². The summed E-state index contributed by atoms with van der Waals surface area (Å²) in [5.74, 6) is 3.50. The number of aromatic nitrogens is 3. The average Bonchev–Trinajstić information content (AvgIpc) is 3.34. The zero-order valence-electron chi connectivity index (χ0n) is 16.1. The Kier molecular flexibility index (Phi) is 5.23. The van der Waals surface area contributed by atoms with E-state index in [9.17, 15) is 0 Å². The van der Waals surface area contributed by atoms with Crippen LogP contribution in [0.5, 0.6) is 5.75 Å². The summed E-state index contributed by atoms with van der Waals surface area (Å²) in [5.41, 5.74) is 2.34. The number of rotatable bonds is 5. The van der Waals surface area contributed by atoms with Crippen LogP contribution in [0.1, 0.15) is 17.0 Å². The summed E-state index contributed by atoms with van der Waals surface area (Å²) in [4.78, 5) is 13.0. The fourth-order valence-electron chi connectivity index (χ4n) is 3.27. The molecule has 1 atom stereocenters. The number of fused-ring (bicyclic) bond motifs is 1. The number of nitrogens with one attached hydrogen (secondary N) is 2. The van der Waals surface area contributed by atoms with E-state index in [1.807, 2.05) is 48.1 Å². The van der Waals surface area contributed by atoms with Crippen molar-refractivity contribution < 1.29 is 4.74 Å². The first-order valence-electron chi connectivity index (χ1n) is 9.37. The van der Waals surface area contributed by atoms with Gasteiger partial charge in [0.15, 0.2) is 5.96 Å². The van der Waals surface area contributed by atoms with Crippen molar-refractivity contribution in [2.75, 3.05) is 13.6 Å². The van der Waals surface area contributed by atoms with E-state index in [1.165, 1.54) is 5.56 Å². The highest BCUT2D eigenvalue weighted by atomic mass is 16.5. The molecule has 7 heteroatoms. The summed E-state index contributed by atoms with van der Waals surface area (Å²) in [5, 5.41) is 6.66. The summed E-state index contributed by atoms with van der Waals surface area (Å²) in [6, 6.07) is 12.2. The van der Waals surface area contributed by atoms with E-state index >= 15 is 0 Å². The molecule has 3 heterocycles. The van der Waals surface area contributed by atoms with Gasteiger partial charge >= 0.3 is 0 Å². The van der Waals surface area contributed by atoms with Crippen LogP contribution in [0.2, 0.25) is 0 Å². The Balaban J connectivity index is 1.27. The minimum Gasteiger partial charge on any atom is -0.488 e. The Morgan fingerprint density at radius 1 is 1.21 bits per heavy atom. The minimum atomic E-state index is 0.121. The van der Waals surface area contributed by atoms with Gasteiger partial charge < -0.3 is 15.4 Å². The molecule has 0 radical (unpaired) electrons. The highest BCUT2D eigenvalue weighted by Crippen LogP contribution is 2.27. The number of guanidine groups is 1. The van der Waals surface area contributed by atoms with Gasteiger partial charge in [-0.25, -0.2) is 9.97 Å². The first kappa shape index (κ1) is 18.0. The predicted molar refractivity (Wildman–Crippen MR) is 109 cm³/mol. The van der Waals surface area contributed by atoms with E-state index in [0.29, 0.717) is 13.1 Å². The minimum absolute atomic E-state index is 0.121. The molecule has 28 heavy (non-hydrogen) atoms. The number of benzene rings is 1. The number of aliphatic imine (C=N–C) groups is 1. The van der Waals surface area contributed by atoms with Crippen LogP contribution in [-0.2, 0) is 13.0 Å². The van der Waals surface area contributed by atoms with E-state index in [-0.39, 0.29) is 6.10 Å². The molecule has 0 amide bonds. The lowest BCUT2D eigenvalue weighted by Crippen LogP contribution is -2.41. The maximum absolute atomic E-state index is 5.96. The van der Waals surface area contributed by atoms with E-state index in [1.54, 1.807) is 13.2 Å². The van der Waals surface area contributed by atoms with Crippen molar-refractivity contribution in [1.82, 2.24) is 25.2 Å². The number of pyridine rings is 1. The van der Waals surface area contributed by atoms with Gasteiger partial charge in [0.25, 0.3) is 0 Å². The Hall–Kier alpha value is -3.35.